The lowest BCUT2D eigenvalue weighted by molar-refractivity contribution is -0.0791. The van der Waals surface area contributed by atoms with Gasteiger partial charge in [-0.3, -0.25) is 28.6 Å². The summed E-state index contributed by atoms with van der Waals surface area (Å²) in [4.78, 5) is 69.5. The molecule has 0 saturated carbocycles. The highest BCUT2D eigenvalue weighted by atomic mass is 31.3. The Labute approximate surface area is 296 Å². The highest BCUT2D eigenvalue weighted by Crippen LogP contribution is 2.71. The van der Waals surface area contributed by atoms with Crippen molar-refractivity contribution in [3.8, 4) is 0 Å². The number of carbonyl (C=O) groups is 2. The van der Waals surface area contributed by atoms with Gasteiger partial charge in [-0.1, -0.05) is 0 Å². The van der Waals surface area contributed by atoms with Crippen LogP contribution in [0.1, 0.15) is 0 Å². The van der Waals surface area contributed by atoms with Crippen LogP contribution < -0.4 is 10.6 Å². The quantitative estimate of drug-likeness (QED) is 0.0820. The van der Waals surface area contributed by atoms with E-state index < -0.39 is 106 Å². The first-order valence-corrected chi connectivity index (χ1v) is 20.9. The molecule has 53 heavy (non-hydrogen) atoms. The van der Waals surface area contributed by atoms with E-state index in [1.807, 2.05) is 0 Å². The second kappa shape index (κ2) is 14.8. The Bertz CT molecular complexity index is 1690. The zero-order valence-electron chi connectivity index (χ0n) is 26.4. The number of amides is 4. The number of nitrogens with zero attached hydrogens (tertiary/aromatic N) is 4. The van der Waals surface area contributed by atoms with Gasteiger partial charge in [0, 0.05) is 37.9 Å². The van der Waals surface area contributed by atoms with Crippen LogP contribution in [0.3, 0.4) is 0 Å². The van der Waals surface area contributed by atoms with E-state index in [9.17, 15) is 67.8 Å². The SMILES string of the molecule is O=C1N2C=CNC2=CCN1[C@@H]1O[C@H](COP(=O)(O)OP(=O)(O)OP(=O)(O)OP(=O)(O)OC[C@H]2O[C@@H](N3CC=C4NC=CN4C3=O)[C@H](O)[C@@H]2O)[C@@H](O)[C@H]1O. The molecule has 0 bridgehead atoms. The minimum Gasteiger partial charge on any atom is -0.387 e. The monoisotopic (exact) mass is 840 g/mol. The van der Waals surface area contributed by atoms with Crippen LogP contribution in [0.4, 0.5) is 9.59 Å². The zero-order chi connectivity index (χ0) is 38.7. The Morgan fingerprint density at radius 1 is 0.623 bits per heavy atom. The van der Waals surface area contributed by atoms with Crippen LogP contribution >= 0.6 is 31.3 Å². The van der Waals surface area contributed by atoms with E-state index >= 15 is 0 Å². The molecule has 0 aromatic heterocycles. The molecule has 2 saturated heterocycles. The van der Waals surface area contributed by atoms with E-state index in [-0.39, 0.29) is 13.1 Å². The van der Waals surface area contributed by atoms with E-state index in [0.717, 1.165) is 9.80 Å². The Morgan fingerprint density at radius 3 is 1.36 bits per heavy atom. The molecule has 10 N–H and O–H groups in total. The number of hydrogen-bond acceptors (Lipinski definition) is 19. The second-order valence-corrected chi connectivity index (χ2v) is 17.7. The molecule has 27 nitrogen and oxygen atoms in total. The van der Waals surface area contributed by atoms with Gasteiger partial charge in [0.1, 0.15) is 48.3 Å². The molecular formula is C22H32N6O21P4. The number of aliphatic hydroxyl groups is 4. The van der Waals surface area contributed by atoms with Gasteiger partial charge in [-0.15, -0.1) is 0 Å². The Kier molecular flexibility index (Phi) is 11.2. The fourth-order valence-corrected chi connectivity index (χ4v) is 10.6. The molecule has 4 unspecified atom stereocenters. The van der Waals surface area contributed by atoms with Crippen LogP contribution in [0.15, 0.2) is 48.6 Å². The number of hydrogen-bond donors (Lipinski definition) is 10. The number of phosphoric ester groups is 2. The molecule has 0 aliphatic carbocycles. The van der Waals surface area contributed by atoms with Gasteiger partial charge in [-0.2, -0.15) is 12.9 Å². The highest BCUT2D eigenvalue weighted by Gasteiger charge is 2.52. The van der Waals surface area contributed by atoms with Crippen LogP contribution in [-0.2, 0) is 49.7 Å². The molecule has 0 aromatic carbocycles. The van der Waals surface area contributed by atoms with Crippen molar-refractivity contribution in [3.63, 3.8) is 0 Å². The lowest BCUT2D eigenvalue weighted by Crippen LogP contribution is -2.53. The smallest absolute Gasteiger partial charge is 0.387 e. The third kappa shape index (κ3) is 8.64. The van der Waals surface area contributed by atoms with E-state index in [1.165, 1.54) is 34.6 Å². The Balaban J connectivity index is 0.979. The fourth-order valence-electron chi connectivity index (χ4n) is 5.62. The molecular weight excluding hydrogens is 808 g/mol. The molecule has 2 fully saturated rings. The summed E-state index contributed by atoms with van der Waals surface area (Å²) in [6.45, 7) is -2.44. The number of nitrogens with one attached hydrogen (secondary N) is 2. The summed E-state index contributed by atoms with van der Waals surface area (Å²) < 4.78 is 80.9. The van der Waals surface area contributed by atoms with Crippen molar-refractivity contribution in [2.24, 2.45) is 0 Å². The predicted molar refractivity (Wildman–Crippen MR) is 164 cm³/mol. The molecule has 31 heteroatoms. The van der Waals surface area contributed by atoms with Crippen molar-refractivity contribution < 1.29 is 99.3 Å². The van der Waals surface area contributed by atoms with E-state index in [1.54, 1.807) is 12.2 Å². The lowest BCUT2D eigenvalue weighted by atomic mass is 10.1. The maximum atomic E-state index is 12.8. The first-order chi connectivity index (χ1) is 24.7. The van der Waals surface area contributed by atoms with E-state index in [0.29, 0.717) is 11.6 Å². The minimum atomic E-state index is -6.21. The number of ether oxygens (including phenoxy) is 2. The number of phosphoric acid groups is 4. The van der Waals surface area contributed by atoms with Crippen molar-refractivity contribution in [3.05, 3.63) is 48.6 Å². The molecule has 12 atom stereocenters. The van der Waals surface area contributed by atoms with Crippen molar-refractivity contribution in [2.45, 2.75) is 49.1 Å². The maximum absolute atomic E-state index is 12.8. The molecule has 296 valence electrons. The van der Waals surface area contributed by atoms with Gasteiger partial charge >= 0.3 is 43.4 Å². The average Bonchev–Trinajstić information content (AvgIpc) is 3.83. The molecule has 6 heterocycles. The summed E-state index contributed by atoms with van der Waals surface area (Å²) >= 11 is 0. The molecule has 6 aliphatic heterocycles. The van der Waals surface area contributed by atoms with E-state index in [2.05, 4.69) is 32.6 Å². The average molecular weight is 840 g/mol. The topological polar surface area (TPSA) is 366 Å². The van der Waals surface area contributed by atoms with Gasteiger partial charge in [-0.25, -0.2) is 27.8 Å². The minimum absolute atomic E-state index is 0.0854. The maximum Gasteiger partial charge on any atom is 0.490 e. The highest BCUT2D eigenvalue weighted by molar-refractivity contribution is 7.69. The number of rotatable bonds is 14. The van der Waals surface area contributed by atoms with Crippen LogP contribution in [0, 0.1) is 0 Å². The summed E-state index contributed by atoms with van der Waals surface area (Å²) in [5, 5.41) is 47.3. The molecule has 0 radical (unpaired) electrons. The molecule has 0 spiro atoms. The summed E-state index contributed by atoms with van der Waals surface area (Å²) in [5.74, 6) is 0.854. The number of carbonyl (C=O) groups excluding carboxylic acids is 2. The van der Waals surface area contributed by atoms with Crippen LogP contribution in [0.25, 0.3) is 0 Å². The third-order valence-corrected chi connectivity index (χ3v) is 13.9. The van der Waals surface area contributed by atoms with Crippen LogP contribution in [0.2, 0.25) is 0 Å². The largest absolute Gasteiger partial charge is 0.490 e. The van der Waals surface area contributed by atoms with Gasteiger partial charge in [0.05, 0.1) is 13.2 Å². The van der Waals surface area contributed by atoms with Gasteiger partial charge in [0.25, 0.3) is 0 Å². The van der Waals surface area contributed by atoms with Crippen molar-refractivity contribution in [1.29, 1.82) is 0 Å². The summed E-state index contributed by atoms with van der Waals surface area (Å²) in [7, 11) is -24.0. The summed E-state index contributed by atoms with van der Waals surface area (Å²) in [5.41, 5.74) is 0. The van der Waals surface area contributed by atoms with Crippen LogP contribution in [-0.4, -0.2) is 147 Å². The Hall–Kier alpha value is -2.58. The second-order valence-electron chi connectivity index (χ2n) is 11.5. The van der Waals surface area contributed by atoms with E-state index in [4.69, 9.17) is 9.47 Å². The molecule has 0 aromatic rings. The summed E-state index contributed by atoms with van der Waals surface area (Å²) in [6, 6.07) is -1.33. The fraction of sp³-hybridized carbons (Fsp3) is 0.545. The first-order valence-electron chi connectivity index (χ1n) is 14.9. The van der Waals surface area contributed by atoms with Gasteiger partial charge in [-0.05, 0) is 12.2 Å². The van der Waals surface area contributed by atoms with Gasteiger partial charge in [0.2, 0.25) is 0 Å². The molecule has 6 aliphatic rings. The molecule has 6 rings (SSSR count). The number of urea groups is 2. The van der Waals surface area contributed by atoms with Gasteiger partial charge in [0.15, 0.2) is 12.5 Å². The van der Waals surface area contributed by atoms with Gasteiger partial charge < -0.3 is 60.1 Å². The summed E-state index contributed by atoms with van der Waals surface area (Å²) in [6.07, 6.45) is -4.66. The van der Waals surface area contributed by atoms with Crippen molar-refractivity contribution in [2.75, 3.05) is 26.3 Å². The lowest BCUT2D eigenvalue weighted by Gasteiger charge is -2.35. The molecule has 4 amide bonds. The van der Waals surface area contributed by atoms with Crippen molar-refractivity contribution in [1.82, 2.24) is 30.2 Å². The predicted octanol–water partition coefficient (Wildman–Crippen LogP) is -2.33. The zero-order valence-corrected chi connectivity index (χ0v) is 30.0. The third-order valence-electron chi connectivity index (χ3n) is 8.01. The normalized spacial score (nSPS) is 35.5. The van der Waals surface area contributed by atoms with Crippen molar-refractivity contribution >= 4 is 43.4 Å². The first kappa shape index (κ1) is 40.1. The van der Waals surface area contributed by atoms with Crippen LogP contribution in [0.5, 0.6) is 0 Å². The Morgan fingerprint density at radius 2 is 0.981 bits per heavy atom. The number of fused-ring (bicyclic) bond motifs is 2. The standard InChI is InChI=1S/C22H32N6O21P4/c29-15-11(45-19(17(15)31)27-5-1-13-23-3-7-25(13)21(27)33)9-43-50(35,36)47-52(39,40)49-53(41,42)48-51(37,38)44-10-12-16(30)18(32)20(46-12)28-6-2-14-24-4-8-26(14)22(28)34/h1-4,7-8,11-12,15-20,23-24,29-32H,5-6,9-10H2,(H,35,36)(H,37,38)(H,39,40)(H,41,42)/t11-,12-,15-,16-,17-,18-,19-,20-/m1/s1. The number of aliphatic hydroxyl groups excluding tert-OH is 4.